The van der Waals surface area contributed by atoms with Crippen LogP contribution in [0.5, 0.6) is 11.5 Å². The number of ether oxygens (including phenoxy) is 3. The van der Waals surface area contributed by atoms with E-state index in [1.807, 2.05) is 30.5 Å². The molecule has 3 aromatic rings. The summed E-state index contributed by atoms with van der Waals surface area (Å²) in [5.74, 6) is 0.526. The summed E-state index contributed by atoms with van der Waals surface area (Å²) in [6.45, 7) is 5.18. The summed E-state index contributed by atoms with van der Waals surface area (Å²) in [6, 6.07) is 12.0. The van der Waals surface area contributed by atoms with Crippen LogP contribution in [0.25, 0.3) is 17.2 Å². The molecule has 0 fully saturated rings. The average molecular weight is 534 g/mol. The Balaban J connectivity index is 1.52. The first kappa shape index (κ1) is 27.5. The van der Waals surface area contributed by atoms with E-state index in [-0.39, 0.29) is 5.91 Å². The van der Waals surface area contributed by atoms with E-state index in [1.165, 1.54) is 48.5 Å². The van der Waals surface area contributed by atoms with Gasteiger partial charge < -0.3 is 19.5 Å². The Morgan fingerprint density at radius 1 is 1.00 bits per heavy atom. The van der Waals surface area contributed by atoms with E-state index in [4.69, 9.17) is 14.2 Å². The number of rotatable bonds is 11. The Hall–Kier alpha value is -3.58. The molecule has 0 atom stereocenters. The molecule has 1 amide bonds. The molecule has 4 rings (SSSR count). The maximum Gasteiger partial charge on any atom is 0.341 e. The van der Waals surface area contributed by atoms with Gasteiger partial charge in [0.2, 0.25) is 5.91 Å². The average Bonchev–Trinajstić information content (AvgIpc) is 3.35. The monoisotopic (exact) mass is 533 g/mol. The van der Waals surface area contributed by atoms with Gasteiger partial charge in [-0.2, -0.15) is 0 Å². The van der Waals surface area contributed by atoms with Crippen LogP contribution < -0.4 is 14.8 Å². The zero-order valence-corrected chi connectivity index (χ0v) is 23.1. The Bertz CT molecular complexity index is 1310. The number of anilines is 1. The van der Waals surface area contributed by atoms with Crippen LogP contribution >= 0.6 is 11.3 Å². The number of thiophene rings is 1. The van der Waals surface area contributed by atoms with Crippen molar-refractivity contribution >= 4 is 34.3 Å². The van der Waals surface area contributed by atoms with E-state index in [0.29, 0.717) is 35.3 Å². The topological polar surface area (TPSA) is 73.9 Å². The van der Waals surface area contributed by atoms with Gasteiger partial charge in [0, 0.05) is 17.0 Å². The van der Waals surface area contributed by atoms with Crippen molar-refractivity contribution in [1.29, 1.82) is 0 Å². The number of nitrogens with one attached hydrogen (secondary N) is 1. The van der Waals surface area contributed by atoms with Crippen LogP contribution in [-0.2, 0) is 22.4 Å². The van der Waals surface area contributed by atoms with Gasteiger partial charge >= 0.3 is 5.97 Å². The van der Waals surface area contributed by atoms with E-state index in [0.717, 1.165) is 42.4 Å². The van der Waals surface area contributed by atoms with Crippen molar-refractivity contribution in [3.8, 4) is 22.6 Å². The lowest BCUT2D eigenvalue weighted by Crippen LogP contribution is -2.11. The molecule has 0 saturated heterocycles. The first-order valence-electron chi connectivity index (χ1n) is 13.2. The van der Waals surface area contributed by atoms with Crippen molar-refractivity contribution in [2.24, 2.45) is 0 Å². The highest BCUT2D eigenvalue weighted by molar-refractivity contribution is 7.15. The van der Waals surface area contributed by atoms with Crippen molar-refractivity contribution in [2.45, 2.75) is 52.4 Å². The Kier molecular flexibility index (Phi) is 9.60. The summed E-state index contributed by atoms with van der Waals surface area (Å²) < 4.78 is 16.6. The quantitative estimate of drug-likeness (QED) is 0.159. The molecule has 2 aromatic carbocycles. The fraction of sp³-hybridized carbons (Fsp3) is 0.355. The highest BCUT2D eigenvalue weighted by atomic mass is 32.1. The maximum absolute atomic E-state index is 12.8. The highest BCUT2D eigenvalue weighted by Gasteiger charge is 2.23. The number of hydrogen-bond donors (Lipinski definition) is 1. The molecule has 0 spiro atoms. The predicted molar refractivity (Wildman–Crippen MR) is 153 cm³/mol. The summed E-state index contributed by atoms with van der Waals surface area (Å²) in [5, 5.41) is 5.24. The molecule has 1 heterocycles. The van der Waals surface area contributed by atoms with Crippen LogP contribution in [0.2, 0.25) is 0 Å². The molecule has 38 heavy (non-hydrogen) atoms. The van der Waals surface area contributed by atoms with Crippen LogP contribution in [0.15, 0.2) is 47.9 Å². The van der Waals surface area contributed by atoms with Gasteiger partial charge in [-0.3, -0.25) is 4.79 Å². The van der Waals surface area contributed by atoms with Gasteiger partial charge in [0.15, 0.2) is 11.5 Å². The van der Waals surface area contributed by atoms with Crippen LogP contribution in [0.3, 0.4) is 0 Å². The number of hydrogen-bond acceptors (Lipinski definition) is 6. The number of benzene rings is 2. The molecule has 0 aliphatic heterocycles. The predicted octanol–water partition coefficient (Wildman–Crippen LogP) is 7.31. The number of amides is 1. The van der Waals surface area contributed by atoms with Crippen LogP contribution in [0.1, 0.15) is 66.6 Å². The summed E-state index contributed by atoms with van der Waals surface area (Å²) in [7, 11) is 1.35. The second-order valence-corrected chi connectivity index (χ2v) is 10.1. The third-order valence-electron chi connectivity index (χ3n) is 6.53. The normalized spacial score (nSPS) is 12.7. The molecule has 1 aromatic heterocycles. The molecule has 0 unspecified atom stereocenters. The smallest absolute Gasteiger partial charge is 0.341 e. The van der Waals surface area contributed by atoms with Gasteiger partial charge in [0.1, 0.15) is 10.6 Å². The zero-order chi connectivity index (χ0) is 26.9. The number of aryl methyl sites for hydroxylation is 2. The third-order valence-corrected chi connectivity index (χ3v) is 7.42. The largest absolute Gasteiger partial charge is 0.490 e. The molecule has 0 radical (unpaired) electrons. The Morgan fingerprint density at radius 2 is 1.82 bits per heavy atom. The van der Waals surface area contributed by atoms with Gasteiger partial charge in [0.05, 0.1) is 20.3 Å². The first-order chi connectivity index (χ1) is 18.5. The molecule has 1 aliphatic rings. The van der Waals surface area contributed by atoms with E-state index in [1.54, 1.807) is 6.08 Å². The van der Waals surface area contributed by atoms with Gasteiger partial charge in [-0.15, -0.1) is 11.3 Å². The molecule has 200 valence electrons. The second-order valence-electron chi connectivity index (χ2n) is 9.20. The fourth-order valence-electron chi connectivity index (χ4n) is 4.54. The third kappa shape index (κ3) is 6.64. The van der Waals surface area contributed by atoms with Gasteiger partial charge in [-0.05, 0) is 79.5 Å². The number of carbonyl (C=O) groups excluding carboxylic acids is 2. The molecule has 6 nitrogen and oxygen atoms in total. The number of fused-ring (bicyclic) bond motifs is 1. The summed E-state index contributed by atoms with van der Waals surface area (Å²) in [6.07, 6.45) is 9.72. The van der Waals surface area contributed by atoms with Crippen LogP contribution in [0.4, 0.5) is 5.00 Å². The first-order valence-corrected chi connectivity index (χ1v) is 14.1. The number of methoxy groups -OCH3 is 1. The standard InChI is InChI=1S/C31H35NO5S/c1-4-6-17-37-26-15-11-21(18-27(26)36-5-2)12-16-28(33)32-30-29(31(34)35-3)25(20-38-30)24-14-13-22-9-7-8-10-23(22)19-24/h11-16,18-20H,4-10,17H2,1-3H3,(H,32,33)/b16-12+. The van der Waals surface area contributed by atoms with Gasteiger partial charge in [0.25, 0.3) is 0 Å². The van der Waals surface area contributed by atoms with Crippen LogP contribution in [0, 0.1) is 0 Å². The summed E-state index contributed by atoms with van der Waals surface area (Å²) >= 11 is 1.32. The van der Waals surface area contributed by atoms with E-state index in [9.17, 15) is 9.59 Å². The SMILES string of the molecule is CCCCOc1ccc(/C=C/C(=O)Nc2scc(-c3ccc4c(c3)CCCC4)c2C(=O)OC)cc1OCC. The number of unbranched alkanes of at least 4 members (excludes halogenated alkanes) is 1. The van der Waals surface area contributed by atoms with Crippen molar-refractivity contribution in [3.63, 3.8) is 0 Å². The van der Waals surface area contributed by atoms with Crippen molar-refractivity contribution in [3.05, 3.63) is 70.1 Å². The highest BCUT2D eigenvalue weighted by Crippen LogP contribution is 2.38. The lowest BCUT2D eigenvalue weighted by atomic mass is 9.89. The molecule has 0 bridgehead atoms. The van der Waals surface area contributed by atoms with Crippen LogP contribution in [-0.4, -0.2) is 32.2 Å². The Labute approximate surface area is 228 Å². The lowest BCUT2D eigenvalue weighted by molar-refractivity contribution is -0.111. The molecule has 1 N–H and O–H groups in total. The fourth-order valence-corrected chi connectivity index (χ4v) is 5.50. The van der Waals surface area contributed by atoms with Crippen molar-refractivity contribution in [1.82, 2.24) is 0 Å². The minimum Gasteiger partial charge on any atom is -0.490 e. The summed E-state index contributed by atoms with van der Waals surface area (Å²) in [5.41, 5.74) is 5.62. The maximum atomic E-state index is 12.8. The van der Waals surface area contributed by atoms with E-state index < -0.39 is 5.97 Å². The minimum atomic E-state index is -0.474. The van der Waals surface area contributed by atoms with E-state index >= 15 is 0 Å². The Morgan fingerprint density at radius 3 is 2.58 bits per heavy atom. The molecular weight excluding hydrogens is 498 g/mol. The lowest BCUT2D eigenvalue weighted by Gasteiger charge is -2.16. The number of esters is 1. The van der Waals surface area contributed by atoms with Gasteiger partial charge in [-0.25, -0.2) is 4.79 Å². The molecule has 0 saturated carbocycles. The minimum absolute atomic E-state index is 0.338. The zero-order valence-electron chi connectivity index (χ0n) is 22.3. The van der Waals surface area contributed by atoms with E-state index in [2.05, 4.69) is 30.4 Å². The number of carbonyl (C=O) groups is 2. The second kappa shape index (κ2) is 13.3. The molecule has 1 aliphatic carbocycles. The van der Waals surface area contributed by atoms with Gasteiger partial charge in [-0.1, -0.05) is 37.6 Å². The van der Waals surface area contributed by atoms with Crippen molar-refractivity contribution < 1.29 is 23.8 Å². The van der Waals surface area contributed by atoms with Crippen molar-refractivity contribution in [2.75, 3.05) is 25.6 Å². The summed E-state index contributed by atoms with van der Waals surface area (Å²) in [4.78, 5) is 25.6. The molecule has 7 heteroatoms. The molecular formula is C31H35NO5S.